The lowest BCUT2D eigenvalue weighted by molar-refractivity contribution is -0.173. The molecule has 0 bridgehead atoms. The summed E-state index contributed by atoms with van der Waals surface area (Å²) < 4.78 is 0. The van der Waals surface area contributed by atoms with Gasteiger partial charge in [0.1, 0.15) is 11.6 Å². The Morgan fingerprint density at radius 1 is 1.32 bits per heavy atom. The van der Waals surface area contributed by atoms with Crippen molar-refractivity contribution in [1.29, 1.82) is 0 Å². The van der Waals surface area contributed by atoms with Gasteiger partial charge in [0.15, 0.2) is 0 Å². The third-order valence-corrected chi connectivity index (χ3v) is 4.22. The number of carbonyl (C=O) groups excluding carboxylic acids is 3. The van der Waals surface area contributed by atoms with E-state index in [1.807, 2.05) is 13.8 Å². The molecule has 0 unspecified atom stereocenters. The van der Waals surface area contributed by atoms with Crippen LogP contribution >= 0.6 is 0 Å². The minimum absolute atomic E-state index is 0.0113. The topological polar surface area (TPSA) is 83.7 Å². The minimum Gasteiger partial charge on any atom is -0.368 e. The zero-order valence-corrected chi connectivity index (χ0v) is 11.7. The maximum atomic E-state index is 12.4. The third-order valence-electron chi connectivity index (χ3n) is 4.22. The van der Waals surface area contributed by atoms with E-state index in [1.54, 1.807) is 11.8 Å². The molecule has 106 valence electrons. The molecule has 6 heteroatoms. The number of hydrogen-bond donors (Lipinski definition) is 1. The first-order valence-electron chi connectivity index (χ1n) is 6.73. The lowest BCUT2D eigenvalue weighted by Crippen LogP contribution is -2.75. The highest BCUT2D eigenvalue weighted by Crippen LogP contribution is 2.40. The second kappa shape index (κ2) is 4.51. The molecular weight excluding hydrogens is 246 g/mol. The number of rotatable bonds is 3. The van der Waals surface area contributed by atoms with Gasteiger partial charge in [-0.1, -0.05) is 13.8 Å². The molecule has 2 saturated heterocycles. The van der Waals surface area contributed by atoms with Crippen molar-refractivity contribution < 1.29 is 14.4 Å². The first-order chi connectivity index (χ1) is 8.81. The first-order valence-corrected chi connectivity index (χ1v) is 6.73. The predicted molar refractivity (Wildman–Crippen MR) is 68.9 cm³/mol. The molecule has 2 N–H and O–H groups in total. The van der Waals surface area contributed by atoms with E-state index >= 15 is 0 Å². The standard InChI is InChI=1S/C13H21N3O3/c1-8(2)11(18)16-6-4-5-13(16)7-15(12(13)19)9(3)10(14)17/h8-9H,4-7H2,1-3H3,(H2,14,17)/t9-,13+/m0/s1. The van der Waals surface area contributed by atoms with E-state index in [-0.39, 0.29) is 17.7 Å². The molecule has 19 heavy (non-hydrogen) atoms. The number of carbonyl (C=O) groups is 3. The van der Waals surface area contributed by atoms with E-state index in [2.05, 4.69) is 0 Å². The highest BCUT2D eigenvalue weighted by molar-refractivity contribution is 6.00. The van der Waals surface area contributed by atoms with Crippen LogP contribution in [0.15, 0.2) is 0 Å². The Hall–Kier alpha value is -1.59. The van der Waals surface area contributed by atoms with E-state index in [0.29, 0.717) is 19.5 Å². The molecule has 1 spiro atoms. The summed E-state index contributed by atoms with van der Waals surface area (Å²) >= 11 is 0. The van der Waals surface area contributed by atoms with E-state index in [0.717, 1.165) is 6.42 Å². The molecule has 6 nitrogen and oxygen atoms in total. The van der Waals surface area contributed by atoms with Gasteiger partial charge in [0.2, 0.25) is 11.8 Å². The summed E-state index contributed by atoms with van der Waals surface area (Å²) in [6.45, 7) is 6.34. The van der Waals surface area contributed by atoms with Crippen molar-refractivity contribution in [2.45, 2.75) is 45.2 Å². The molecule has 0 radical (unpaired) electrons. The van der Waals surface area contributed by atoms with Crippen LogP contribution in [-0.4, -0.2) is 52.2 Å². The van der Waals surface area contributed by atoms with Gasteiger partial charge in [-0.05, 0) is 19.8 Å². The molecule has 2 aliphatic rings. The Balaban J connectivity index is 2.16. The SMILES string of the molecule is CC(C)C(=O)N1CCC[C@]12CN([C@@H](C)C(N)=O)C2=O. The van der Waals surface area contributed by atoms with Crippen molar-refractivity contribution in [3.63, 3.8) is 0 Å². The Morgan fingerprint density at radius 2 is 1.95 bits per heavy atom. The second-order valence-electron chi connectivity index (χ2n) is 5.79. The van der Waals surface area contributed by atoms with Crippen LogP contribution in [0.5, 0.6) is 0 Å². The Labute approximate surface area is 112 Å². The van der Waals surface area contributed by atoms with Crippen LogP contribution in [0.4, 0.5) is 0 Å². The van der Waals surface area contributed by atoms with Gasteiger partial charge < -0.3 is 15.5 Å². The van der Waals surface area contributed by atoms with Crippen molar-refractivity contribution in [3.8, 4) is 0 Å². The largest absolute Gasteiger partial charge is 0.368 e. The fourth-order valence-corrected chi connectivity index (χ4v) is 2.96. The van der Waals surface area contributed by atoms with Crippen LogP contribution in [0.25, 0.3) is 0 Å². The van der Waals surface area contributed by atoms with Gasteiger partial charge in [-0.3, -0.25) is 14.4 Å². The molecule has 2 fully saturated rings. The molecule has 2 atom stereocenters. The number of nitrogens with zero attached hydrogens (tertiary/aromatic N) is 2. The van der Waals surface area contributed by atoms with Gasteiger partial charge in [0.25, 0.3) is 5.91 Å². The van der Waals surface area contributed by atoms with Crippen molar-refractivity contribution in [2.75, 3.05) is 13.1 Å². The fourth-order valence-electron chi connectivity index (χ4n) is 2.96. The van der Waals surface area contributed by atoms with Crippen LogP contribution in [0.3, 0.4) is 0 Å². The molecule has 2 rings (SSSR count). The van der Waals surface area contributed by atoms with Gasteiger partial charge >= 0.3 is 0 Å². The zero-order valence-electron chi connectivity index (χ0n) is 11.7. The molecule has 0 saturated carbocycles. The first kappa shape index (κ1) is 13.8. The van der Waals surface area contributed by atoms with E-state index < -0.39 is 17.5 Å². The average Bonchev–Trinajstić information content (AvgIpc) is 2.80. The van der Waals surface area contributed by atoms with E-state index in [9.17, 15) is 14.4 Å². The molecule has 0 aromatic carbocycles. The molecule has 2 aliphatic heterocycles. The van der Waals surface area contributed by atoms with E-state index in [1.165, 1.54) is 4.90 Å². The van der Waals surface area contributed by atoms with Crippen LogP contribution < -0.4 is 5.73 Å². The maximum Gasteiger partial charge on any atom is 0.251 e. The van der Waals surface area contributed by atoms with Gasteiger partial charge in [-0.2, -0.15) is 0 Å². The summed E-state index contributed by atoms with van der Waals surface area (Å²) in [4.78, 5) is 38.9. The average molecular weight is 267 g/mol. The lowest BCUT2D eigenvalue weighted by atomic mass is 9.83. The summed E-state index contributed by atoms with van der Waals surface area (Å²) in [5.41, 5.74) is 4.52. The van der Waals surface area contributed by atoms with Gasteiger partial charge in [-0.15, -0.1) is 0 Å². The molecule has 0 aliphatic carbocycles. The van der Waals surface area contributed by atoms with E-state index in [4.69, 9.17) is 5.73 Å². The second-order valence-corrected chi connectivity index (χ2v) is 5.79. The Bertz CT molecular complexity index is 435. The quantitative estimate of drug-likeness (QED) is 0.714. The Kier molecular flexibility index (Phi) is 3.28. The van der Waals surface area contributed by atoms with Crippen LogP contribution in [0.1, 0.15) is 33.6 Å². The lowest BCUT2D eigenvalue weighted by Gasteiger charge is -2.53. The van der Waals surface area contributed by atoms with Crippen LogP contribution in [0, 0.1) is 5.92 Å². The van der Waals surface area contributed by atoms with Crippen molar-refractivity contribution >= 4 is 17.7 Å². The summed E-state index contributed by atoms with van der Waals surface area (Å²) in [5.74, 6) is -0.754. The van der Waals surface area contributed by atoms with Gasteiger partial charge in [0, 0.05) is 12.5 Å². The Morgan fingerprint density at radius 3 is 2.42 bits per heavy atom. The highest BCUT2D eigenvalue weighted by Gasteiger charge is 2.60. The normalized spacial score (nSPS) is 27.9. The summed E-state index contributed by atoms with van der Waals surface area (Å²) in [6.07, 6.45) is 1.52. The van der Waals surface area contributed by atoms with Gasteiger partial charge in [-0.25, -0.2) is 0 Å². The molecule has 3 amide bonds. The molecular formula is C13H21N3O3. The predicted octanol–water partition coefficient (Wildman–Crippen LogP) is -0.280. The third kappa shape index (κ3) is 1.89. The summed E-state index contributed by atoms with van der Waals surface area (Å²) in [5, 5.41) is 0. The van der Waals surface area contributed by atoms with Crippen LogP contribution in [0.2, 0.25) is 0 Å². The molecule has 0 aromatic rings. The number of amides is 3. The number of hydrogen-bond acceptors (Lipinski definition) is 3. The van der Waals surface area contributed by atoms with Crippen molar-refractivity contribution in [2.24, 2.45) is 11.7 Å². The van der Waals surface area contributed by atoms with Crippen molar-refractivity contribution in [3.05, 3.63) is 0 Å². The van der Waals surface area contributed by atoms with Gasteiger partial charge in [0.05, 0.1) is 6.54 Å². The summed E-state index contributed by atoms with van der Waals surface area (Å²) in [7, 11) is 0. The fraction of sp³-hybridized carbons (Fsp3) is 0.769. The van der Waals surface area contributed by atoms with Crippen LogP contribution in [-0.2, 0) is 14.4 Å². The summed E-state index contributed by atoms with van der Waals surface area (Å²) in [6, 6.07) is -0.602. The number of likely N-dealkylation sites (tertiary alicyclic amines) is 2. The smallest absolute Gasteiger partial charge is 0.251 e. The molecule has 2 heterocycles. The zero-order chi connectivity index (χ0) is 14.4. The maximum absolute atomic E-state index is 12.4. The minimum atomic E-state index is -0.703. The highest BCUT2D eigenvalue weighted by atomic mass is 16.2. The molecule has 0 aromatic heterocycles. The number of primary amides is 1. The number of β-lactam (4-membered cyclic amide) rings is 1. The van der Waals surface area contributed by atoms with Crippen molar-refractivity contribution in [1.82, 2.24) is 9.80 Å². The number of nitrogens with two attached hydrogens (primary N) is 1. The monoisotopic (exact) mass is 267 g/mol.